The van der Waals surface area contributed by atoms with Crippen LogP contribution in [0.5, 0.6) is 0 Å². The molecular formula is C20H30O4. The first-order valence-corrected chi connectivity index (χ1v) is 8.99. The van der Waals surface area contributed by atoms with E-state index in [0.717, 1.165) is 38.5 Å². The van der Waals surface area contributed by atoms with Crippen LogP contribution in [0.1, 0.15) is 80.0 Å². The molecule has 134 valence electrons. The highest BCUT2D eigenvalue weighted by Gasteiger charge is 2.11. The van der Waals surface area contributed by atoms with Gasteiger partial charge in [-0.1, -0.05) is 40.0 Å². The molecular weight excluding hydrogens is 304 g/mol. The van der Waals surface area contributed by atoms with E-state index < -0.39 is 0 Å². The Kier molecular flexibility index (Phi) is 9.81. The van der Waals surface area contributed by atoms with Crippen molar-refractivity contribution in [1.29, 1.82) is 0 Å². The summed E-state index contributed by atoms with van der Waals surface area (Å²) in [4.78, 5) is 23.8. The Morgan fingerprint density at radius 2 is 1.33 bits per heavy atom. The van der Waals surface area contributed by atoms with Crippen molar-refractivity contribution >= 4 is 11.9 Å². The molecule has 1 aromatic carbocycles. The van der Waals surface area contributed by atoms with Gasteiger partial charge >= 0.3 is 11.9 Å². The fourth-order valence-corrected chi connectivity index (χ4v) is 2.26. The van der Waals surface area contributed by atoms with E-state index in [4.69, 9.17) is 9.47 Å². The van der Waals surface area contributed by atoms with E-state index in [1.54, 1.807) is 24.3 Å². The smallest absolute Gasteiger partial charge is 0.338 e. The summed E-state index contributed by atoms with van der Waals surface area (Å²) in [5.74, 6) is -0.0856. The quantitative estimate of drug-likeness (QED) is 0.421. The lowest BCUT2D eigenvalue weighted by atomic mass is 10.1. The zero-order chi connectivity index (χ0) is 17.8. The van der Waals surface area contributed by atoms with Gasteiger partial charge in [0.25, 0.3) is 0 Å². The number of hydrogen-bond donors (Lipinski definition) is 0. The fraction of sp³-hybridized carbons (Fsp3) is 0.600. The van der Waals surface area contributed by atoms with Gasteiger partial charge in [0.1, 0.15) is 0 Å². The summed E-state index contributed by atoms with van der Waals surface area (Å²) >= 11 is 0. The van der Waals surface area contributed by atoms with Gasteiger partial charge < -0.3 is 9.47 Å². The fourth-order valence-electron chi connectivity index (χ4n) is 2.26. The summed E-state index contributed by atoms with van der Waals surface area (Å²) in [6.07, 6.45) is 6.18. The first-order valence-electron chi connectivity index (χ1n) is 8.99. The Labute approximate surface area is 145 Å². The van der Waals surface area contributed by atoms with E-state index in [1.165, 1.54) is 0 Å². The average molecular weight is 334 g/mol. The molecule has 0 N–H and O–H groups in total. The number of rotatable bonds is 11. The van der Waals surface area contributed by atoms with Crippen molar-refractivity contribution in [3.63, 3.8) is 0 Å². The zero-order valence-electron chi connectivity index (χ0n) is 15.2. The van der Waals surface area contributed by atoms with Gasteiger partial charge in [-0.25, -0.2) is 9.59 Å². The average Bonchev–Trinajstić information content (AvgIpc) is 2.58. The highest BCUT2D eigenvalue weighted by molar-refractivity contribution is 5.93. The second-order valence-corrected chi connectivity index (χ2v) is 6.45. The molecule has 0 fully saturated rings. The molecule has 1 rings (SSSR count). The van der Waals surface area contributed by atoms with Gasteiger partial charge in [-0.15, -0.1) is 0 Å². The van der Waals surface area contributed by atoms with E-state index in [1.807, 2.05) is 0 Å². The van der Waals surface area contributed by atoms with Crippen LogP contribution in [0.25, 0.3) is 0 Å². The molecule has 0 heterocycles. The van der Waals surface area contributed by atoms with Crippen molar-refractivity contribution in [1.82, 2.24) is 0 Å². The number of unbranched alkanes of at least 4 members (excludes halogenated alkanes) is 3. The van der Waals surface area contributed by atoms with Crippen LogP contribution in [-0.4, -0.2) is 25.2 Å². The van der Waals surface area contributed by atoms with Crippen LogP contribution < -0.4 is 0 Å². The molecule has 0 saturated carbocycles. The lowest BCUT2D eigenvalue weighted by Gasteiger charge is -2.07. The van der Waals surface area contributed by atoms with Crippen molar-refractivity contribution in [2.45, 2.75) is 59.3 Å². The second kappa shape index (κ2) is 11.7. The van der Waals surface area contributed by atoms with Crippen LogP contribution in [0.3, 0.4) is 0 Å². The molecule has 0 aromatic heterocycles. The Balaban J connectivity index is 2.36. The molecule has 0 amide bonds. The maximum absolute atomic E-state index is 11.9. The highest BCUT2D eigenvalue weighted by Crippen LogP contribution is 2.10. The van der Waals surface area contributed by atoms with Crippen molar-refractivity contribution in [3.8, 4) is 0 Å². The largest absolute Gasteiger partial charge is 0.462 e. The molecule has 4 nitrogen and oxygen atoms in total. The summed E-state index contributed by atoms with van der Waals surface area (Å²) in [7, 11) is 0. The van der Waals surface area contributed by atoms with Gasteiger partial charge in [0, 0.05) is 0 Å². The predicted octanol–water partition coefficient (Wildman–Crippen LogP) is 5.02. The van der Waals surface area contributed by atoms with Gasteiger partial charge in [-0.05, 0) is 49.4 Å². The Hall–Kier alpha value is -1.84. The highest BCUT2D eigenvalue weighted by atomic mass is 16.5. The number of ether oxygens (including phenoxy) is 2. The van der Waals surface area contributed by atoms with Crippen LogP contribution in [-0.2, 0) is 9.47 Å². The van der Waals surface area contributed by atoms with E-state index in [-0.39, 0.29) is 11.9 Å². The SMILES string of the molecule is CCCCCCOC(=O)c1ccc(C(=O)OCCCC(C)C)cc1. The van der Waals surface area contributed by atoms with Gasteiger partial charge in [-0.3, -0.25) is 0 Å². The first-order chi connectivity index (χ1) is 11.5. The van der Waals surface area contributed by atoms with E-state index in [0.29, 0.717) is 30.3 Å². The molecule has 0 unspecified atom stereocenters. The molecule has 0 spiro atoms. The zero-order valence-corrected chi connectivity index (χ0v) is 15.2. The molecule has 24 heavy (non-hydrogen) atoms. The third-order valence-corrected chi connectivity index (χ3v) is 3.75. The minimum Gasteiger partial charge on any atom is -0.462 e. The van der Waals surface area contributed by atoms with E-state index >= 15 is 0 Å². The van der Waals surface area contributed by atoms with Gasteiger partial charge in [0.2, 0.25) is 0 Å². The van der Waals surface area contributed by atoms with Crippen LogP contribution in [0.4, 0.5) is 0 Å². The van der Waals surface area contributed by atoms with Crippen molar-refractivity contribution in [3.05, 3.63) is 35.4 Å². The minimum atomic E-state index is -0.349. The van der Waals surface area contributed by atoms with Crippen LogP contribution >= 0.6 is 0 Å². The van der Waals surface area contributed by atoms with Gasteiger partial charge in [0.05, 0.1) is 24.3 Å². The number of esters is 2. The Bertz CT molecular complexity index is 491. The number of carbonyl (C=O) groups is 2. The first kappa shape index (κ1) is 20.2. The van der Waals surface area contributed by atoms with Crippen LogP contribution in [0.2, 0.25) is 0 Å². The maximum Gasteiger partial charge on any atom is 0.338 e. The summed E-state index contributed by atoms with van der Waals surface area (Å²) in [5, 5.41) is 0. The summed E-state index contributed by atoms with van der Waals surface area (Å²) in [6, 6.07) is 6.44. The van der Waals surface area contributed by atoms with E-state index in [2.05, 4.69) is 20.8 Å². The van der Waals surface area contributed by atoms with Crippen molar-refractivity contribution < 1.29 is 19.1 Å². The predicted molar refractivity (Wildman–Crippen MR) is 95.2 cm³/mol. The van der Waals surface area contributed by atoms with Crippen molar-refractivity contribution in [2.75, 3.05) is 13.2 Å². The summed E-state index contributed by atoms with van der Waals surface area (Å²) in [6.45, 7) is 7.30. The molecule has 0 radical (unpaired) electrons. The third kappa shape index (κ3) is 8.14. The molecule has 0 aliphatic carbocycles. The molecule has 0 saturated heterocycles. The van der Waals surface area contributed by atoms with Gasteiger partial charge in [0.15, 0.2) is 0 Å². The molecule has 0 aliphatic rings. The maximum atomic E-state index is 11.9. The number of carbonyl (C=O) groups excluding carboxylic acids is 2. The Morgan fingerprint density at radius 3 is 1.79 bits per heavy atom. The molecule has 0 atom stereocenters. The normalized spacial score (nSPS) is 10.7. The number of benzene rings is 1. The summed E-state index contributed by atoms with van der Waals surface area (Å²) in [5.41, 5.74) is 0.917. The number of hydrogen-bond acceptors (Lipinski definition) is 4. The van der Waals surface area contributed by atoms with E-state index in [9.17, 15) is 9.59 Å². The molecule has 4 heteroatoms. The lowest BCUT2D eigenvalue weighted by Crippen LogP contribution is -2.09. The third-order valence-electron chi connectivity index (χ3n) is 3.75. The van der Waals surface area contributed by atoms with Crippen LogP contribution in [0.15, 0.2) is 24.3 Å². The standard InChI is InChI=1S/C20H30O4/c1-4-5-6-7-14-23-19(21)17-10-12-18(13-11-17)20(22)24-15-8-9-16(2)3/h10-13,16H,4-9,14-15H2,1-3H3. The van der Waals surface area contributed by atoms with Crippen LogP contribution in [0, 0.1) is 5.92 Å². The second-order valence-electron chi connectivity index (χ2n) is 6.45. The summed E-state index contributed by atoms with van der Waals surface area (Å²) < 4.78 is 10.4. The molecule has 0 bridgehead atoms. The minimum absolute atomic E-state index is 0.344. The van der Waals surface area contributed by atoms with Gasteiger partial charge in [-0.2, -0.15) is 0 Å². The van der Waals surface area contributed by atoms with Crippen molar-refractivity contribution in [2.24, 2.45) is 5.92 Å². The monoisotopic (exact) mass is 334 g/mol. The lowest BCUT2D eigenvalue weighted by molar-refractivity contribution is 0.0482. The molecule has 0 aliphatic heterocycles. The Morgan fingerprint density at radius 1 is 0.833 bits per heavy atom. The topological polar surface area (TPSA) is 52.6 Å². The molecule has 1 aromatic rings.